The Labute approximate surface area is 222 Å². The lowest BCUT2D eigenvalue weighted by molar-refractivity contribution is -0.137. The van der Waals surface area contributed by atoms with Gasteiger partial charge < -0.3 is 9.57 Å². The third kappa shape index (κ3) is 3.74. The number of anilines is 1. The first kappa shape index (κ1) is 23.9. The zero-order chi connectivity index (χ0) is 26.9. The average Bonchev–Trinajstić information content (AvgIpc) is 3.68. The van der Waals surface area contributed by atoms with Gasteiger partial charge >= 0.3 is 6.18 Å². The summed E-state index contributed by atoms with van der Waals surface area (Å²) < 4.78 is 45.8. The molecule has 0 spiro atoms. The van der Waals surface area contributed by atoms with E-state index in [1.54, 1.807) is 0 Å². The fourth-order valence-corrected chi connectivity index (χ4v) is 6.90. The van der Waals surface area contributed by atoms with Gasteiger partial charge in [-0.1, -0.05) is 41.6 Å². The van der Waals surface area contributed by atoms with Crippen LogP contribution in [0.25, 0.3) is 0 Å². The van der Waals surface area contributed by atoms with Gasteiger partial charge in [-0.25, -0.2) is 0 Å². The summed E-state index contributed by atoms with van der Waals surface area (Å²) >= 11 is 0. The standard InChI is InChI=1S/C30H23F3N2O4/c31-30(32,33)18-7-4-8-19(13-18)35-28(36)23-21-14-22(24(23)29(35)37)27-25(21)26(34-39-27)17-9-11-20(12-10-17)38-15-16-5-2-1-3-6-16/h1-13,21-25,27H,14-15H2/t21-,22+,23+,24-,25+,27+/m1/s1. The highest BCUT2D eigenvalue weighted by molar-refractivity contribution is 6.23. The van der Waals surface area contributed by atoms with Crippen LogP contribution in [0.1, 0.15) is 23.1 Å². The fraction of sp³-hybridized carbons (Fsp3) is 0.300. The number of oxime groups is 1. The summed E-state index contributed by atoms with van der Waals surface area (Å²) in [5, 5.41) is 4.36. The first-order valence-electron chi connectivity index (χ1n) is 12.9. The monoisotopic (exact) mass is 532 g/mol. The van der Waals surface area contributed by atoms with Crippen molar-refractivity contribution in [2.75, 3.05) is 4.90 Å². The molecule has 2 saturated carbocycles. The molecule has 2 aliphatic carbocycles. The molecule has 0 unspecified atom stereocenters. The second-order valence-corrected chi connectivity index (χ2v) is 10.5. The molecule has 2 heterocycles. The van der Waals surface area contributed by atoms with Crippen molar-refractivity contribution in [2.24, 2.45) is 34.7 Å². The van der Waals surface area contributed by atoms with Crippen molar-refractivity contribution in [3.05, 3.63) is 95.6 Å². The van der Waals surface area contributed by atoms with Crippen molar-refractivity contribution in [1.82, 2.24) is 0 Å². The molecule has 3 aromatic carbocycles. The van der Waals surface area contributed by atoms with Gasteiger partial charge in [0, 0.05) is 17.4 Å². The first-order chi connectivity index (χ1) is 18.8. The van der Waals surface area contributed by atoms with E-state index in [0.717, 1.165) is 33.9 Å². The normalized spacial score (nSPS) is 28.8. The minimum atomic E-state index is -4.57. The molecule has 39 heavy (non-hydrogen) atoms. The summed E-state index contributed by atoms with van der Waals surface area (Å²) in [5.41, 5.74) is 1.71. The number of ether oxygens (including phenoxy) is 1. The Kier molecular flexibility index (Phi) is 5.33. The van der Waals surface area contributed by atoms with Gasteiger partial charge in [0.1, 0.15) is 18.5 Å². The Balaban J connectivity index is 1.11. The van der Waals surface area contributed by atoms with Crippen LogP contribution in [0.3, 0.4) is 0 Å². The minimum absolute atomic E-state index is 0.0420. The molecule has 0 radical (unpaired) electrons. The lowest BCUT2D eigenvalue weighted by Gasteiger charge is -2.29. The van der Waals surface area contributed by atoms with Gasteiger partial charge in [-0.05, 0) is 60.4 Å². The van der Waals surface area contributed by atoms with E-state index >= 15 is 0 Å². The van der Waals surface area contributed by atoms with Gasteiger partial charge in [0.15, 0.2) is 0 Å². The predicted molar refractivity (Wildman–Crippen MR) is 135 cm³/mol. The van der Waals surface area contributed by atoms with Crippen LogP contribution in [0.2, 0.25) is 0 Å². The summed E-state index contributed by atoms with van der Waals surface area (Å²) in [6.07, 6.45) is -4.26. The molecule has 7 rings (SSSR count). The molecule has 198 valence electrons. The van der Waals surface area contributed by atoms with Gasteiger partial charge in [-0.3, -0.25) is 14.5 Å². The van der Waals surface area contributed by atoms with E-state index in [1.165, 1.54) is 12.1 Å². The molecule has 6 nitrogen and oxygen atoms in total. The van der Waals surface area contributed by atoms with Crippen LogP contribution in [-0.2, 0) is 27.2 Å². The number of carbonyl (C=O) groups excluding carboxylic acids is 2. The van der Waals surface area contributed by atoms with E-state index in [9.17, 15) is 22.8 Å². The highest BCUT2D eigenvalue weighted by atomic mass is 19.4. The van der Waals surface area contributed by atoms with Gasteiger partial charge in [-0.2, -0.15) is 13.2 Å². The second-order valence-electron chi connectivity index (χ2n) is 10.5. The predicted octanol–water partition coefficient (Wildman–Crippen LogP) is 5.46. The van der Waals surface area contributed by atoms with E-state index in [4.69, 9.17) is 9.57 Å². The average molecular weight is 533 g/mol. The van der Waals surface area contributed by atoms with Crippen molar-refractivity contribution in [3.63, 3.8) is 0 Å². The maximum Gasteiger partial charge on any atom is 0.416 e. The molecule has 9 heteroatoms. The summed E-state index contributed by atoms with van der Waals surface area (Å²) in [6, 6.07) is 21.8. The summed E-state index contributed by atoms with van der Waals surface area (Å²) in [7, 11) is 0. The topological polar surface area (TPSA) is 68.2 Å². The zero-order valence-electron chi connectivity index (χ0n) is 20.5. The van der Waals surface area contributed by atoms with Gasteiger partial charge in [0.05, 0.1) is 28.8 Å². The van der Waals surface area contributed by atoms with E-state index in [2.05, 4.69) is 5.16 Å². The molecular formula is C30H23F3N2O4. The Morgan fingerprint density at radius 1 is 0.872 bits per heavy atom. The zero-order valence-corrected chi connectivity index (χ0v) is 20.5. The lowest BCUT2D eigenvalue weighted by atomic mass is 9.71. The van der Waals surface area contributed by atoms with Crippen LogP contribution < -0.4 is 9.64 Å². The van der Waals surface area contributed by atoms with Crippen LogP contribution in [0.15, 0.2) is 84.0 Å². The van der Waals surface area contributed by atoms with Crippen LogP contribution in [0.4, 0.5) is 18.9 Å². The summed E-state index contributed by atoms with van der Waals surface area (Å²) in [6.45, 7) is 0.445. The highest BCUT2D eigenvalue weighted by Crippen LogP contribution is 2.62. The number of benzene rings is 3. The Morgan fingerprint density at radius 3 is 2.31 bits per heavy atom. The molecule has 2 bridgehead atoms. The molecule has 6 atom stereocenters. The molecule has 3 aromatic rings. The van der Waals surface area contributed by atoms with E-state index in [-0.39, 0.29) is 29.5 Å². The van der Waals surface area contributed by atoms with Gasteiger partial charge in [-0.15, -0.1) is 0 Å². The molecule has 4 aliphatic rings. The number of carbonyl (C=O) groups is 2. The molecule has 2 amide bonds. The third-order valence-corrected chi connectivity index (χ3v) is 8.52. The Hall–Kier alpha value is -4.14. The molecule has 1 saturated heterocycles. The maximum absolute atomic E-state index is 13.5. The quantitative estimate of drug-likeness (QED) is 0.410. The largest absolute Gasteiger partial charge is 0.489 e. The number of fused-ring (bicyclic) bond motifs is 8. The molecule has 0 N–H and O–H groups in total. The number of hydrogen-bond donors (Lipinski definition) is 0. The van der Waals surface area contributed by atoms with Crippen molar-refractivity contribution < 1.29 is 32.3 Å². The first-order valence-corrected chi connectivity index (χ1v) is 12.9. The van der Waals surface area contributed by atoms with E-state index in [1.807, 2.05) is 54.6 Å². The Bertz CT molecular complexity index is 1490. The highest BCUT2D eigenvalue weighted by Gasteiger charge is 2.70. The lowest BCUT2D eigenvalue weighted by Crippen LogP contribution is -2.41. The van der Waals surface area contributed by atoms with Crippen LogP contribution in [0.5, 0.6) is 5.75 Å². The maximum atomic E-state index is 13.5. The smallest absolute Gasteiger partial charge is 0.416 e. The van der Waals surface area contributed by atoms with E-state index in [0.29, 0.717) is 18.8 Å². The van der Waals surface area contributed by atoms with Crippen LogP contribution in [-0.4, -0.2) is 23.6 Å². The molecule has 3 fully saturated rings. The van der Waals surface area contributed by atoms with Crippen molar-refractivity contribution in [2.45, 2.75) is 25.3 Å². The molecule has 2 aliphatic heterocycles. The summed E-state index contributed by atoms with van der Waals surface area (Å²) in [5.74, 6) is -1.94. The van der Waals surface area contributed by atoms with Gasteiger partial charge in [0.25, 0.3) is 0 Å². The van der Waals surface area contributed by atoms with Crippen molar-refractivity contribution in [3.8, 4) is 5.75 Å². The van der Waals surface area contributed by atoms with Crippen LogP contribution in [0, 0.1) is 29.6 Å². The van der Waals surface area contributed by atoms with Crippen LogP contribution >= 0.6 is 0 Å². The number of hydrogen-bond acceptors (Lipinski definition) is 5. The second kappa shape index (κ2) is 8.69. The third-order valence-electron chi connectivity index (χ3n) is 8.52. The van der Waals surface area contributed by atoms with Crippen molar-refractivity contribution >= 4 is 23.2 Å². The number of nitrogens with zero attached hydrogens (tertiary/aromatic N) is 2. The number of imide groups is 1. The van der Waals surface area contributed by atoms with Crippen molar-refractivity contribution in [1.29, 1.82) is 0 Å². The SMILES string of the molecule is O=C1[C@@H]2[C@@H]3C[C@@H]([C@H]4C(c5ccc(OCc6ccccc6)cc5)=NO[C@@H]34)[C@@H]2C(=O)N1c1cccc(C(F)(F)F)c1. The fourth-order valence-electron chi connectivity index (χ4n) is 6.90. The Morgan fingerprint density at radius 2 is 1.59 bits per heavy atom. The molecular weight excluding hydrogens is 509 g/mol. The molecule has 0 aromatic heterocycles. The number of halogens is 3. The minimum Gasteiger partial charge on any atom is -0.489 e. The number of alkyl halides is 3. The van der Waals surface area contributed by atoms with Gasteiger partial charge in [0.2, 0.25) is 11.8 Å². The summed E-state index contributed by atoms with van der Waals surface area (Å²) in [4.78, 5) is 33.7. The number of rotatable bonds is 5. The number of amides is 2. The van der Waals surface area contributed by atoms with E-state index < -0.39 is 35.4 Å².